The largest absolute Gasteiger partial charge is 0.148 e. The highest BCUT2D eigenvalue weighted by atomic mass is 16.1. The summed E-state index contributed by atoms with van der Waals surface area (Å²) in [6, 6.07) is 30.0. The fraction of sp³-hybridized carbons (Fsp3) is 0. The maximum atomic E-state index is 4.33. The number of hydrazine groups is 2. The van der Waals surface area contributed by atoms with Crippen molar-refractivity contribution in [1.82, 2.24) is 0 Å². The van der Waals surface area contributed by atoms with Gasteiger partial charge in [0.2, 0.25) is 0 Å². The summed E-state index contributed by atoms with van der Waals surface area (Å²) in [4.78, 5) is 0. The maximum Gasteiger partial charge on any atom is 0.0875 e. The zero-order valence-electron chi connectivity index (χ0n) is 12.4. The first kappa shape index (κ1) is 13.3. The van der Waals surface area contributed by atoms with E-state index in [0.717, 1.165) is 17.1 Å². The van der Waals surface area contributed by atoms with Gasteiger partial charge >= 0.3 is 0 Å². The van der Waals surface area contributed by atoms with Crippen molar-refractivity contribution in [2.75, 3.05) is 15.4 Å². The highest BCUT2D eigenvalue weighted by molar-refractivity contribution is 5.64. The average Bonchev–Trinajstić information content (AvgIpc) is 3.09. The molecule has 4 rings (SSSR count). The molecule has 1 aliphatic heterocycles. The second-order valence-electron chi connectivity index (χ2n) is 5.05. The molecule has 5 heteroatoms. The molecule has 1 aliphatic rings. The third kappa shape index (κ3) is 2.48. The molecule has 0 saturated heterocycles. The summed E-state index contributed by atoms with van der Waals surface area (Å²) in [6.07, 6.45) is 0. The van der Waals surface area contributed by atoms with E-state index < -0.39 is 0 Å². The number of para-hydroxylation sites is 3. The van der Waals surface area contributed by atoms with Crippen molar-refractivity contribution in [3.63, 3.8) is 0 Å². The Morgan fingerprint density at radius 1 is 0.435 bits per heavy atom. The van der Waals surface area contributed by atoms with Crippen LogP contribution in [-0.4, -0.2) is 0 Å². The Morgan fingerprint density at radius 3 is 1.17 bits per heavy atom. The van der Waals surface area contributed by atoms with Gasteiger partial charge in [-0.3, -0.25) is 0 Å². The monoisotopic (exact) mass is 301 g/mol. The molecule has 1 heterocycles. The van der Waals surface area contributed by atoms with Crippen LogP contribution in [0.3, 0.4) is 0 Å². The Hall–Kier alpha value is -3.34. The van der Waals surface area contributed by atoms with Crippen molar-refractivity contribution in [2.24, 2.45) is 10.4 Å². The van der Waals surface area contributed by atoms with Crippen LogP contribution in [-0.2, 0) is 0 Å². The van der Waals surface area contributed by atoms with E-state index in [-0.39, 0.29) is 0 Å². The third-order valence-electron chi connectivity index (χ3n) is 3.53. The molecule has 0 N–H and O–H groups in total. The second kappa shape index (κ2) is 5.81. The third-order valence-corrected chi connectivity index (χ3v) is 3.53. The molecule has 0 aliphatic carbocycles. The summed E-state index contributed by atoms with van der Waals surface area (Å²) in [5, 5.41) is 14.2. The van der Waals surface area contributed by atoms with Gasteiger partial charge in [0.1, 0.15) is 0 Å². The molecule has 0 fully saturated rings. The molecular weight excluding hydrogens is 286 g/mol. The first-order valence-electron chi connectivity index (χ1n) is 7.40. The maximum absolute atomic E-state index is 4.33. The summed E-state index contributed by atoms with van der Waals surface area (Å²) in [5.41, 5.74) is 2.86. The fourth-order valence-corrected chi connectivity index (χ4v) is 2.46. The van der Waals surface area contributed by atoms with Gasteiger partial charge < -0.3 is 0 Å². The van der Waals surface area contributed by atoms with Crippen LogP contribution in [0.2, 0.25) is 0 Å². The van der Waals surface area contributed by atoms with Gasteiger partial charge in [-0.25, -0.2) is 0 Å². The van der Waals surface area contributed by atoms with Crippen molar-refractivity contribution >= 4 is 17.1 Å². The Bertz CT molecular complexity index is 740. The topological polar surface area (TPSA) is 34.4 Å². The summed E-state index contributed by atoms with van der Waals surface area (Å²) in [6.45, 7) is 0. The predicted molar refractivity (Wildman–Crippen MR) is 91.6 cm³/mol. The first-order valence-corrected chi connectivity index (χ1v) is 7.40. The van der Waals surface area contributed by atoms with E-state index >= 15 is 0 Å². The van der Waals surface area contributed by atoms with E-state index in [1.807, 2.05) is 96.1 Å². The van der Waals surface area contributed by atoms with E-state index in [9.17, 15) is 0 Å². The van der Waals surface area contributed by atoms with Gasteiger partial charge in [-0.15, -0.1) is 15.4 Å². The lowest BCUT2D eigenvalue weighted by molar-refractivity contribution is 0.801. The summed E-state index contributed by atoms with van der Waals surface area (Å²) < 4.78 is 0. The number of hydrogen-bond acceptors (Lipinski definition) is 5. The molecule has 3 aromatic carbocycles. The van der Waals surface area contributed by atoms with E-state index in [1.54, 1.807) is 10.2 Å². The van der Waals surface area contributed by atoms with Crippen LogP contribution in [0.15, 0.2) is 101 Å². The Morgan fingerprint density at radius 2 is 0.783 bits per heavy atom. The van der Waals surface area contributed by atoms with E-state index in [2.05, 4.69) is 10.4 Å². The molecule has 0 bridgehead atoms. The van der Waals surface area contributed by atoms with Crippen LogP contribution >= 0.6 is 0 Å². The number of benzene rings is 3. The van der Waals surface area contributed by atoms with E-state index in [1.165, 1.54) is 0 Å². The van der Waals surface area contributed by atoms with Crippen LogP contribution in [0, 0.1) is 0 Å². The summed E-state index contributed by atoms with van der Waals surface area (Å²) >= 11 is 0. The van der Waals surface area contributed by atoms with Crippen molar-refractivity contribution < 1.29 is 0 Å². The smallest absolute Gasteiger partial charge is 0.0875 e. The average molecular weight is 301 g/mol. The normalized spacial score (nSPS) is 13.7. The molecule has 23 heavy (non-hydrogen) atoms. The molecule has 0 unspecified atom stereocenters. The standard InChI is InChI=1S/C18H15N5/c1-4-10-16(11-5-1)21-19-20-22(17-12-6-2-7-13-17)23(21)18-14-8-3-9-15-18/h1-15H. The molecule has 5 nitrogen and oxygen atoms in total. The van der Waals surface area contributed by atoms with Gasteiger partial charge in [-0.05, 0) is 46.8 Å². The van der Waals surface area contributed by atoms with E-state index in [0.29, 0.717) is 0 Å². The van der Waals surface area contributed by atoms with Gasteiger partial charge in [-0.1, -0.05) is 54.6 Å². The lowest BCUT2D eigenvalue weighted by atomic mass is 10.3. The SMILES string of the molecule is c1ccc(N2N=NN(c3ccccc3)N2c2ccccc2)cc1. The lowest BCUT2D eigenvalue weighted by Gasteiger charge is -2.32. The Labute approximate surface area is 134 Å². The van der Waals surface area contributed by atoms with Crippen LogP contribution < -0.4 is 15.4 Å². The molecule has 0 aromatic heterocycles. The molecular formula is C18H15N5. The molecule has 112 valence electrons. The Kier molecular flexibility index (Phi) is 3.37. The molecule has 0 saturated carbocycles. The second-order valence-corrected chi connectivity index (χ2v) is 5.05. The van der Waals surface area contributed by atoms with Gasteiger partial charge in [0.05, 0.1) is 17.1 Å². The van der Waals surface area contributed by atoms with Crippen molar-refractivity contribution in [3.05, 3.63) is 91.0 Å². The predicted octanol–water partition coefficient (Wildman–Crippen LogP) is 4.63. The zero-order chi connectivity index (χ0) is 15.5. The van der Waals surface area contributed by atoms with Crippen LogP contribution in [0.25, 0.3) is 0 Å². The molecule has 0 radical (unpaired) electrons. The van der Waals surface area contributed by atoms with Gasteiger partial charge in [0.15, 0.2) is 0 Å². The van der Waals surface area contributed by atoms with Crippen LogP contribution in [0.1, 0.15) is 0 Å². The van der Waals surface area contributed by atoms with Gasteiger partial charge in [-0.2, -0.15) is 0 Å². The molecule has 0 atom stereocenters. The Balaban J connectivity index is 1.78. The summed E-state index contributed by atoms with van der Waals surface area (Å²) in [7, 11) is 0. The highest BCUT2D eigenvalue weighted by Crippen LogP contribution is 2.32. The van der Waals surface area contributed by atoms with Gasteiger partial charge in [0, 0.05) is 0 Å². The molecule has 0 spiro atoms. The molecule has 0 amide bonds. The lowest BCUT2D eigenvalue weighted by Crippen LogP contribution is -2.45. The zero-order valence-corrected chi connectivity index (χ0v) is 12.4. The van der Waals surface area contributed by atoms with Crippen LogP contribution in [0.4, 0.5) is 17.1 Å². The first-order chi connectivity index (χ1) is 11.4. The number of rotatable bonds is 3. The highest BCUT2D eigenvalue weighted by Gasteiger charge is 2.30. The van der Waals surface area contributed by atoms with Crippen molar-refractivity contribution in [2.45, 2.75) is 0 Å². The number of nitrogens with zero attached hydrogens (tertiary/aromatic N) is 5. The van der Waals surface area contributed by atoms with Crippen molar-refractivity contribution in [3.8, 4) is 0 Å². The van der Waals surface area contributed by atoms with Crippen LogP contribution in [0.5, 0.6) is 0 Å². The van der Waals surface area contributed by atoms with E-state index in [4.69, 9.17) is 0 Å². The minimum atomic E-state index is 0.943. The number of anilines is 3. The quantitative estimate of drug-likeness (QED) is 0.707. The van der Waals surface area contributed by atoms with Crippen molar-refractivity contribution in [1.29, 1.82) is 0 Å². The van der Waals surface area contributed by atoms with Gasteiger partial charge in [0.25, 0.3) is 0 Å². The molecule has 3 aromatic rings. The number of hydrogen-bond donors (Lipinski definition) is 0. The minimum absolute atomic E-state index is 0.943. The summed E-state index contributed by atoms with van der Waals surface area (Å²) in [5.74, 6) is 0. The minimum Gasteiger partial charge on any atom is -0.148 e. The fourth-order valence-electron chi connectivity index (χ4n) is 2.46.